The van der Waals surface area contributed by atoms with Crippen LogP contribution in [-0.2, 0) is 0 Å². The molecule has 0 bridgehead atoms. The molecule has 0 fully saturated rings. The van der Waals surface area contributed by atoms with E-state index < -0.39 is 0 Å². The van der Waals surface area contributed by atoms with Gasteiger partial charge in [-0.2, -0.15) is 0 Å². The summed E-state index contributed by atoms with van der Waals surface area (Å²) >= 11 is 1.41. The van der Waals surface area contributed by atoms with Gasteiger partial charge in [-0.3, -0.25) is 15.1 Å². The van der Waals surface area contributed by atoms with Crippen molar-refractivity contribution < 1.29 is 4.79 Å². The SMILES string of the molecule is Cc1ccc(-c2csc(NC(=O)c3ccncc3)n2)cc1. The lowest BCUT2D eigenvalue weighted by atomic mass is 10.1. The number of pyridine rings is 1. The first-order chi connectivity index (χ1) is 10.2. The molecule has 3 aromatic rings. The van der Waals surface area contributed by atoms with Crippen molar-refractivity contribution in [2.24, 2.45) is 0 Å². The number of nitrogens with one attached hydrogen (secondary N) is 1. The molecule has 0 radical (unpaired) electrons. The average molecular weight is 295 g/mol. The van der Waals surface area contributed by atoms with Gasteiger partial charge < -0.3 is 0 Å². The summed E-state index contributed by atoms with van der Waals surface area (Å²) in [6.45, 7) is 2.05. The van der Waals surface area contributed by atoms with Crippen LogP contribution in [0.5, 0.6) is 0 Å². The van der Waals surface area contributed by atoms with E-state index in [1.807, 2.05) is 36.6 Å². The minimum Gasteiger partial charge on any atom is -0.298 e. The quantitative estimate of drug-likeness (QED) is 0.800. The zero-order valence-corrected chi connectivity index (χ0v) is 12.2. The number of benzene rings is 1. The number of carbonyl (C=O) groups is 1. The minimum atomic E-state index is -0.179. The number of rotatable bonds is 3. The van der Waals surface area contributed by atoms with Crippen LogP contribution in [0.15, 0.2) is 54.2 Å². The van der Waals surface area contributed by atoms with Crippen LogP contribution in [0.1, 0.15) is 15.9 Å². The van der Waals surface area contributed by atoms with Crippen molar-refractivity contribution in [3.63, 3.8) is 0 Å². The van der Waals surface area contributed by atoms with Crippen LogP contribution in [0.2, 0.25) is 0 Å². The summed E-state index contributed by atoms with van der Waals surface area (Å²) < 4.78 is 0. The van der Waals surface area contributed by atoms with Crippen molar-refractivity contribution in [2.45, 2.75) is 6.92 Å². The molecule has 2 heterocycles. The molecule has 1 aromatic carbocycles. The minimum absolute atomic E-state index is 0.179. The maximum atomic E-state index is 12.0. The zero-order valence-electron chi connectivity index (χ0n) is 11.4. The third kappa shape index (κ3) is 3.14. The van der Waals surface area contributed by atoms with Crippen LogP contribution >= 0.6 is 11.3 Å². The fourth-order valence-corrected chi connectivity index (χ4v) is 2.58. The number of carbonyl (C=O) groups excluding carboxylic acids is 1. The van der Waals surface area contributed by atoms with Gasteiger partial charge in [0, 0.05) is 28.9 Å². The monoisotopic (exact) mass is 295 g/mol. The standard InChI is InChI=1S/C16H13N3OS/c1-11-2-4-12(5-3-11)14-10-21-16(18-14)19-15(20)13-6-8-17-9-7-13/h2-10H,1H3,(H,18,19,20). The van der Waals surface area contributed by atoms with E-state index in [9.17, 15) is 4.79 Å². The maximum absolute atomic E-state index is 12.0. The number of aromatic nitrogens is 2. The van der Waals surface area contributed by atoms with Crippen molar-refractivity contribution in [3.8, 4) is 11.3 Å². The molecule has 0 atom stereocenters. The fraction of sp³-hybridized carbons (Fsp3) is 0.0625. The van der Waals surface area contributed by atoms with Gasteiger partial charge in [-0.1, -0.05) is 29.8 Å². The van der Waals surface area contributed by atoms with Gasteiger partial charge in [-0.25, -0.2) is 4.98 Å². The second-order valence-corrected chi connectivity index (χ2v) is 5.45. The number of nitrogens with zero attached hydrogens (tertiary/aromatic N) is 2. The van der Waals surface area contributed by atoms with E-state index in [2.05, 4.69) is 15.3 Å². The number of hydrogen-bond donors (Lipinski definition) is 1. The van der Waals surface area contributed by atoms with Crippen LogP contribution in [0.25, 0.3) is 11.3 Å². The Balaban J connectivity index is 1.76. The molecule has 104 valence electrons. The van der Waals surface area contributed by atoms with Gasteiger partial charge in [-0.15, -0.1) is 11.3 Å². The van der Waals surface area contributed by atoms with Crippen molar-refractivity contribution in [2.75, 3.05) is 5.32 Å². The molecule has 0 aliphatic carbocycles. The smallest absolute Gasteiger partial charge is 0.257 e. The second kappa shape index (κ2) is 5.85. The number of hydrogen-bond acceptors (Lipinski definition) is 4. The van der Waals surface area contributed by atoms with Gasteiger partial charge in [0.25, 0.3) is 5.91 Å². The van der Waals surface area contributed by atoms with Gasteiger partial charge in [-0.05, 0) is 19.1 Å². The molecule has 21 heavy (non-hydrogen) atoms. The van der Waals surface area contributed by atoms with Gasteiger partial charge in [0.1, 0.15) is 0 Å². The lowest BCUT2D eigenvalue weighted by Crippen LogP contribution is -2.11. The molecule has 3 rings (SSSR count). The van der Waals surface area contributed by atoms with Gasteiger partial charge in [0.2, 0.25) is 0 Å². The molecule has 0 aliphatic heterocycles. The van der Waals surface area contributed by atoms with Crippen LogP contribution in [0.3, 0.4) is 0 Å². The third-order valence-corrected chi connectivity index (χ3v) is 3.77. The molecular formula is C16H13N3OS. The first-order valence-corrected chi connectivity index (χ1v) is 7.34. The Kier molecular flexibility index (Phi) is 3.75. The van der Waals surface area contributed by atoms with E-state index in [0.717, 1.165) is 11.3 Å². The molecule has 0 aliphatic rings. The first kappa shape index (κ1) is 13.5. The number of amides is 1. The summed E-state index contributed by atoms with van der Waals surface area (Å²) in [5, 5.41) is 5.33. The van der Waals surface area contributed by atoms with Crippen molar-refractivity contribution in [1.29, 1.82) is 0 Å². The van der Waals surface area contributed by atoms with Crippen molar-refractivity contribution in [1.82, 2.24) is 9.97 Å². The lowest BCUT2D eigenvalue weighted by Gasteiger charge is -2.01. The Labute approximate surface area is 126 Å². The van der Waals surface area contributed by atoms with E-state index in [0.29, 0.717) is 10.7 Å². The van der Waals surface area contributed by atoms with Gasteiger partial charge >= 0.3 is 0 Å². The van der Waals surface area contributed by atoms with Crippen LogP contribution in [0.4, 0.5) is 5.13 Å². The third-order valence-electron chi connectivity index (χ3n) is 3.01. The van der Waals surface area contributed by atoms with E-state index in [-0.39, 0.29) is 5.91 Å². The molecule has 5 heteroatoms. The highest BCUT2D eigenvalue weighted by Crippen LogP contribution is 2.25. The number of thiazole rings is 1. The molecule has 1 amide bonds. The highest BCUT2D eigenvalue weighted by atomic mass is 32.1. The molecule has 0 unspecified atom stereocenters. The summed E-state index contributed by atoms with van der Waals surface area (Å²) in [5.74, 6) is -0.179. The molecule has 0 saturated carbocycles. The highest BCUT2D eigenvalue weighted by Gasteiger charge is 2.09. The average Bonchev–Trinajstić information content (AvgIpc) is 2.97. The first-order valence-electron chi connectivity index (χ1n) is 6.46. The summed E-state index contributed by atoms with van der Waals surface area (Å²) in [4.78, 5) is 20.4. The summed E-state index contributed by atoms with van der Waals surface area (Å²) in [5.41, 5.74) is 3.68. The van der Waals surface area contributed by atoms with Crippen LogP contribution < -0.4 is 5.32 Å². The molecule has 4 nitrogen and oxygen atoms in total. The predicted octanol–water partition coefficient (Wildman–Crippen LogP) is 3.77. The van der Waals surface area contributed by atoms with Crippen LogP contribution in [0, 0.1) is 6.92 Å². The molecule has 0 saturated heterocycles. The normalized spacial score (nSPS) is 10.3. The molecule has 0 spiro atoms. The fourth-order valence-electron chi connectivity index (χ4n) is 1.86. The largest absolute Gasteiger partial charge is 0.298 e. The number of aryl methyl sites for hydroxylation is 1. The van der Waals surface area contributed by atoms with E-state index in [1.165, 1.54) is 16.9 Å². The highest BCUT2D eigenvalue weighted by molar-refractivity contribution is 7.14. The predicted molar refractivity (Wildman–Crippen MR) is 84.5 cm³/mol. The number of anilines is 1. The lowest BCUT2D eigenvalue weighted by molar-refractivity contribution is 0.102. The molecule has 2 aromatic heterocycles. The zero-order chi connectivity index (χ0) is 14.7. The Hall–Kier alpha value is -2.53. The van der Waals surface area contributed by atoms with E-state index in [1.54, 1.807) is 24.5 Å². The topological polar surface area (TPSA) is 54.9 Å². The summed E-state index contributed by atoms with van der Waals surface area (Å²) in [6.07, 6.45) is 3.18. The second-order valence-electron chi connectivity index (χ2n) is 4.59. The Morgan fingerprint density at radius 2 is 1.81 bits per heavy atom. The Bertz CT molecular complexity index is 751. The van der Waals surface area contributed by atoms with Crippen LogP contribution in [-0.4, -0.2) is 15.9 Å². The molecular weight excluding hydrogens is 282 g/mol. The van der Waals surface area contributed by atoms with Crippen molar-refractivity contribution >= 4 is 22.4 Å². The molecule has 1 N–H and O–H groups in total. The van der Waals surface area contributed by atoms with E-state index >= 15 is 0 Å². The summed E-state index contributed by atoms with van der Waals surface area (Å²) in [7, 11) is 0. The van der Waals surface area contributed by atoms with E-state index in [4.69, 9.17) is 0 Å². The van der Waals surface area contributed by atoms with Gasteiger partial charge in [0.15, 0.2) is 5.13 Å². The summed E-state index contributed by atoms with van der Waals surface area (Å²) in [6, 6.07) is 11.5. The van der Waals surface area contributed by atoms with Crippen molar-refractivity contribution in [3.05, 3.63) is 65.3 Å². The Morgan fingerprint density at radius 1 is 1.10 bits per heavy atom. The van der Waals surface area contributed by atoms with Gasteiger partial charge in [0.05, 0.1) is 5.69 Å². The Morgan fingerprint density at radius 3 is 2.52 bits per heavy atom. The maximum Gasteiger partial charge on any atom is 0.257 e.